The molecule has 0 bridgehead atoms. The highest BCUT2D eigenvalue weighted by Gasteiger charge is 2.07. The minimum absolute atomic E-state index is 0.196. The molecule has 0 aliphatic rings. The number of hydrogen-bond donors (Lipinski definition) is 1. The predicted octanol–water partition coefficient (Wildman–Crippen LogP) is 2.98. The van der Waals surface area contributed by atoms with Crippen LogP contribution in [0, 0.1) is 12.7 Å². The lowest BCUT2D eigenvalue weighted by atomic mass is 10.2. The van der Waals surface area contributed by atoms with Gasteiger partial charge < -0.3 is 9.88 Å². The number of aryl methyl sites for hydroxylation is 1. The Hall–Kier alpha value is -2.10. The first-order valence-corrected chi connectivity index (χ1v) is 5.82. The molecule has 1 aromatic heterocycles. The first kappa shape index (κ1) is 12.4. The van der Waals surface area contributed by atoms with Gasteiger partial charge >= 0.3 is 0 Å². The maximum atomic E-state index is 13.6. The summed E-state index contributed by atoms with van der Waals surface area (Å²) < 4.78 is 15.5. The number of nitrogens with zero attached hydrogens (tertiary/aromatic N) is 2. The van der Waals surface area contributed by atoms with E-state index >= 15 is 0 Å². The zero-order valence-corrected chi connectivity index (χ0v) is 10.4. The van der Waals surface area contributed by atoms with Gasteiger partial charge in [-0.15, -0.1) is 6.58 Å². The van der Waals surface area contributed by atoms with Gasteiger partial charge in [-0.1, -0.05) is 24.3 Å². The van der Waals surface area contributed by atoms with Crippen molar-refractivity contribution in [3.8, 4) is 0 Å². The maximum absolute atomic E-state index is 13.6. The van der Waals surface area contributed by atoms with E-state index in [-0.39, 0.29) is 5.82 Å². The number of hydrogen-bond acceptors (Lipinski definition) is 2. The molecule has 0 aliphatic carbocycles. The van der Waals surface area contributed by atoms with Gasteiger partial charge in [-0.2, -0.15) is 0 Å². The first-order chi connectivity index (χ1) is 8.70. The molecule has 2 rings (SSSR count). The monoisotopic (exact) mass is 245 g/mol. The summed E-state index contributed by atoms with van der Waals surface area (Å²) in [6.45, 7) is 6.66. The van der Waals surface area contributed by atoms with Crippen molar-refractivity contribution < 1.29 is 4.39 Å². The van der Waals surface area contributed by atoms with Gasteiger partial charge in [0.15, 0.2) is 0 Å². The zero-order chi connectivity index (χ0) is 13.0. The molecule has 4 heteroatoms. The van der Waals surface area contributed by atoms with E-state index in [1.807, 2.05) is 23.8 Å². The van der Waals surface area contributed by atoms with Crippen LogP contribution in [0.25, 0.3) is 0 Å². The van der Waals surface area contributed by atoms with Gasteiger partial charge in [-0.25, -0.2) is 9.37 Å². The summed E-state index contributed by atoms with van der Waals surface area (Å²) in [6, 6.07) is 6.77. The SMILES string of the molecule is C=CCNc1nc(C)cn1Cc1ccccc1F. The molecule has 0 fully saturated rings. The van der Waals surface area contributed by atoms with Gasteiger partial charge in [-0.05, 0) is 13.0 Å². The third kappa shape index (κ3) is 2.77. The third-order valence-corrected chi connectivity index (χ3v) is 2.60. The third-order valence-electron chi connectivity index (χ3n) is 2.60. The molecule has 0 aliphatic heterocycles. The van der Waals surface area contributed by atoms with Gasteiger partial charge in [0.25, 0.3) is 0 Å². The molecule has 0 saturated carbocycles. The normalized spacial score (nSPS) is 10.3. The number of anilines is 1. The molecule has 0 amide bonds. The average Bonchev–Trinajstić information content (AvgIpc) is 2.70. The van der Waals surface area contributed by atoms with Crippen molar-refractivity contribution in [3.05, 3.63) is 60.2 Å². The zero-order valence-electron chi connectivity index (χ0n) is 10.4. The van der Waals surface area contributed by atoms with E-state index in [0.717, 1.165) is 11.6 Å². The Bertz CT molecular complexity index is 546. The Kier molecular flexibility index (Phi) is 3.77. The van der Waals surface area contributed by atoms with Crippen LogP contribution in [0.1, 0.15) is 11.3 Å². The molecular weight excluding hydrogens is 229 g/mol. The fraction of sp³-hybridized carbons (Fsp3) is 0.214. The van der Waals surface area contributed by atoms with Crippen molar-refractivity contribution in [2.24, 2.45) is 0 Å². The Morgan fingerprint density at radius 2 is 2.22 bits per heavy atom. The fourth-order valence-corrected chi connectivity index (χ4v) is 1.78. The Morgan fingerprint density at radius 1 is 1.44 bits per heavy atom. The van der Waals surface area contributed by atoms with Crippen LogP contribution >= 0.6 is 0 Å². The lowest BCUT2D eigenvalue weighted by Crippen LogP contribution is -2.08. The van der Waals surface area contributed by atoms with E-state index in [0.29, 0.717) is 18.7 Å². The van der Waals surface area contributed by atoms with Gasteiger partial charge in [0.2, 0.25) is 5.95 Å². The van der Waals surface area contributed by atoms with E-state index in [9.17, 15) is 4.39 Å². The molecule has 0 atom stereocenters. The molecule has 1 aromatic carbocycles. The topological polar surface area (TPSA) is 29.9 Å². The van der Waals surface area contributed by atoms with Crippen LogP contribution in [0.4, 0.5) is 10.3 Å². The molecular formula is C14H16FN3. The minimum Gasteiger partial charge on any atom is -0.352 e. The van der Waals surface area contributed by atoms with E-state index < -0.39 is 0 Å². The second kappa shape index (κ2) is 5.49. The van der Waals surface area contributed by atoms with E-state index in [2.05, 4.69) is 16.9 Å². The number of halogens is 1. The van der Waals surface area contributed by atoms with Crippen molar-refractivity contribution in [3.63, 3.8) is 0 Å². The van der Waals surface area contributed by atoms with Crippen LogP contribution in [0.5, 0.6) is 0 Å². The average molecular weight is 245 g/mol. The summed E-state index contributed by atoms with van der Waals surface area (Å²) in [5.74, 6) is 0.536. The lowest BCUT2D eigenvalue weighted by molar-refractivity contribution is 0.600. The van der Waals surface area contributed by atoms with E-state index in [4.69, 9.17) is 0 Å². The molecule has 1 N–H and O–H groups in total. The van der Waals surface area contributed by atoms with Crippen LogP contribution in [-0.4, -0.2) is 16.1 Å². The quantitative estimate of drug-likeness (QED) is 0.821. The lowest BCUT2D eigenvalue weighted by Gasteiger charge is -2.09. The smallest absolute Gasteiger partial charge is 0.203 e. The predicted molar refractivity (Wildman–Crippen MR) is 71.2 cm³/mol. The number of aromatic nitrogens is 2. The van der Waals surface area contributed by atoms with E-state index in [1.165, 1.54) is 6.07 Å². The largest absolute Gasteiger partial charge is 0.352 e. The number of benzene rings is 1. The van der Waals surface area contributed by atoms with Gasteiger partial charge in [0.1, 0.15) is 5.82 Å². The molecule has 3 nitrogen and oxygen atoms in total. The first-order valence-electron chi connectivity index (χ1n) is 5.82. The summed E-state index contributed by atoms with van der Waals surface area (Å²) in [7, 11) is 0. The van der Waals surface area contributed by atoms with Crippen molar-refractivity contribution in [2.75, 3.05) is 11.9 Å². The van der Waals surface area contributed by atoms with Crippen LogP contribution in [0.15, 0.2) is 43.1 Å². The summed E-state index contributed by atoms with van der Waals surface area (Å²) in [4.78, 5) is 4.36. The second-order valence-corrected chi connectivity index (χ2v) is 4.09. The Labute approximate surface area is 106 Å². The van der Waals surface area contributed by atoms with Gasteiger partial charge in [-0.3, -0.25) is 0 Å². The van der Waals surface area contributed by atoms with Crippen molar-refractivity contribution >= 4 is 5.95 Å². The highest BCUT2D eigenvalue weighted by Crippen LogP contribution is 2.14. The molecule has 2 aromatic rings. The maximum Gasteiger partial charge on any atom is 0.203 e. The van der Waals surface area contributed by atoms with Crippen LogP contribution in [0.3, 0.4) is 0 Å². The molecule has 0 saturated heterocycles. The number of nitrogens with one attached hydrogen (secondary N) is 1. The second-order valence-electron chi connectivity index (χ2n) is 4.09. The van der Waals surface area contributed by atoms with Crippen molar-refractivity contribution in [1.29, 1.82) is 0 Å². The standard InChI is InChI=1S/C14H16FN3/c1-3-8-16-14-17-11(2)9-18(14)10-12-6-4-5-7-13(12)15/h3-7,9H,1,8,10H2,2H3,(H,16,17). The van der Waals surface area contributed by atoms with Gasteiger partial charge in [0.05, 0.1) is 12.2 Å². The molecule has 1 heterocycles. The molecule has 0 spiro atoms. The number of rotatable bonds is 5. The Morgan fingerprint density at radius 3 is 2.94 bits per heavy atom. The summed E-state index contributed by atoms with van der Waals surface area (Å²) >= 11 is 0. The van der Waals surface area contributed by atoms with Crippen LogP contribution in [0.2, 0.25) is 0 Å². The summed E-state index contributed by atoms with van der Waals surface area (Å²) in [6.07, 6.45) is 3.66. The molecule has 94 valence electrons. The summed E-state index contributed by atoms with van der Waals surface area (Å²) in [5.41, 5.74) is 1.55. The van der Waals surface area contributed by atoms with Crippen LogP contribution in [-0.2, 0) is 6.54 Å². The molecule has 18 heavy (non-hydrogen) atoms. The Balaban J connectivity index is 2.23. The highest BCUT2D eigenvalue weighted by atomic mass is 19.1. The number of imidazole rings is 1. The van der Waals surface area contributed by atoms with E-state index in [1.54, 1.807) is 18.2 Å². The van der Waals surface area contributed by atoms with Crippen LogP contribution < -0.4 is 5.32 Å². The molecule has 0 radical (unpaired) electrons. The van der Waals surface area contributed by atoms with Crippen molar-refractivity contribution in [2.45, 2.75) is 13.5 Å². The van der Waals surface area contributed by atoms with Gasteiger partial charge in [0, 0.05) is 18.3 Å². The summed E-state index contributed by atoms with van der Waals surface area (Å²) in [5, 5.41) is 3.13. The van der Waals surface area contributed by atoms with Crippen molar-refractivity contribution in [1.82, 2.24) is 9.55 Å². The molecule has 0 unspecified atom stereocenters. The fourth-order valence-electron chi connectivity index (χ4n) is 1.78. The highest BCUT2D eigenvalue weighted by molar-refractivity contribution is 5.31. The minimum atomic E-state index is -0.196.